The summed E-state index contributed by atoms with van der Waals surface area (Å²) < 4.78 is 2.41. The van der Waals surface area contributed by atoms with Crippen LogP contribution in [0.1, 0.15) is 35.5 Å². The average molecular weight is 407 g/mol. The predicted octanol–water partition coefficient (Wildman–Crippen LogP) is 4.53. The summed E-state index contributed by atoms with van der Waals surface area (Å²) in [7, 11) is 0. The van der Waals surface area contributed by atoms with Crippen LogP contribution >= 0.6 is 11.3 Å². The third kappa shape index (κ3) is 3.65. The molecule has 1 N–H and O–H groups in total. The van der Waals surface area contributed by atoms with Crippen LogP contribution in [0.3, 0.4) is 0 Å². The molecule has 7 heteroatoms. The van der Waals surface area contributed by atoms with E-state index in [1.54, 1.807) is 24.3 Å². The molecule has 29 heavy (non-hydrogen) atoms. The lowest BCUT2D eigenvalue weighted by Crippen LogP contribution is -2.29. The zero-order chi connectivity index (χ0) is 20.7. The van der Waals surface area contributed by atoms with E-state index in [1.807, 2.05) is 27.7 Å². The minimum atomic E-state index is -0.368. The van der Waals surface area contributed by atoms with Gasteiger partial charge in [0.1, 0.15) is 0 Å². The summed E-state index contributed by atoms with van der Waals surface area (Å²) in [4.78, 5) is 30.4. The van der Waals surface area contributed by atoms with Crippen LogP contribution in [0.5, 0.6) is 0 Å². The normalized spacial score (nSPS) is 11.5. The topological polar surface area (TPSA) is 76.9 Å². The van der Waals surface area contributed by atoms with Crippen molar-refractivity contribution in [3.05, 3.63) is 63.6 Å². The summed E-state index contributed by atoms with van der Waals surface area (Å²) in [6.45, 7) is 8.52. The molecule has 0 bridgehead atoms. The minimum Gasteiger partial charge on any atom is -0.296 e. The quantitative estimate of drug-likeness (QED) is 0.540. The molecule has 2 aromatic carbocycles. The highest BCUT2D eigenvalue weighted by atomic mass is 32.1. The molecule has 0 unspecified atom stereocenters. The van der Waals surface area contributed by atoms with Gasteiger partial charge in [-0.05, 0) is 43.0 Å². The summed E-state index contributed by atoms with van der Waals surface area (Å²) in [6.07, 6.45) is 0. The number of carbonyl (C=O) groups excluding carboxylic acids is 1. The molecule has 0 fully saturated rings. The molecule has 0 aliphatic carbocycles. The van der Waals surface area contributed by atoms with Gasteiger partial charge in [-0.2, -0.15) is 5.10 Å². The van der Waals surface area contributed by atoms with Crippen molar-refractivity contribution in [3.63, 3.8) is 0 Å². The second kappa shape index (κ2) is 7.40. The molecule has 4 aromatic rings. The molecule has 0 radical (unpaired) electrons. The van der Waals surface area contributed by atoms with Crippen LogP contribution < -0.4 is 10.9 Å². The number of hydrogen-bond donors (Lipinski definition) is 1. The maximum atomic E-state index is 13.1. The number of aromatic nitrogens is 3. The standard InChI is InChI=1S/C22H22N4O2S/c1-12(2)11-26-21(28)16-8-6-5-7-15(16)19(25-26)20(27)24-22-23-18-14(4)9-13(3)10-17(18)29-22/h5-10,12H,11H2,1-4H3,(H,23,24,27). The largest absolute Gasteiger partial charge is 0.296 e. The number of fused-ring (bicyclic) bond motifs is 2. The Morgan fingerprint density at radius 1 is 1.17 bits per heavy atom. The van der Waals surface area contributed by atoms with Gasteiger partial charge in [-0.15, -0.1) is 0 Å². The number of rotatable bonds is 4. The molecule has 148 valence electrons. The maximum absolute atomic E-state index is 13.1. The first kappa shape index (κ1) is 19.3. The van der Waals surface area contributed by atoms with E-state index in [9.17, 15) is 9.59 Å². The van der Waals surface area contributed by atoms with Gasteiger partial charge < -0.3 is 0 Å². The van der Waals surface area contributed by atoms with E-state index in [-0.39, 0.29) is 23.1 Å². The van der Waals surface area contributed by atoms with E-state index in [1.165, 1.54) is 16.0 Å². The highest BCUT2D eigenvalue weighted by Crippen LogP contribution is 2.29. The molecule has 0 aliphatic rings. The van der Waals surface area contributed by atoms with Gasteiger partial charge in [0.25, 0.3) is 11.5 Å². The van der Waals surface area contributed by atoms with Crippen molar-refractivity contribution >= 4 is 43.4 Å². The van der Waals surface area contributed by atoms with Gasteiger partial charge in [-0.1, -0.05) is 49.4 Å². The summed E-state index contributed by atoms with van der Waals surface area (Å²) in [5.41, 5.74) is 3.17. The van der Waals surface area contributed by atoms with Crippen LogP contribution in [0.25, 0.3) is 21.0 Å². The number of benzene rings is 2. The second-order valence-corrected chi connectivity index (χ2v) is 8.71. The lowest BCUT2D eigenvalue weighted by molar-refractivity contribution is 0.102. The Morgan fingerprint density at radius 2 is 1.90 bits per heavy atom. The fourth-order valence-corrected chi connectivity index (χ4v) is 4.49. The van der Waals surface area contributed by atoms with E-state index < -0.39 is 0 Å². The van der Waals surface area contributed by atoms with Crippen molar-refractivity contribution in [2.75, 3.05) is 5.32 Å². The van der Waals surface area contributed by atoms with E-state index in [0.29, 0.717) is 22.4 Å². The summed E-state index contributed by atoms with van der Waals surface area (Å²) in [5, 5.41) is 8.82. The monoisotopic (exact) mass is 406 g/mol. The van der Waals surface area contributed by atoms with Crippen LogP contribution in [0.4, 0.5) is 5.13 Å². The van der Waals surface area contributed by atoms with E-state index in [4.69, 9.17) is 0 Å². The SMILES string of the molecule is Cc1cc(C)c2nc(NC(=O)c3nn(CC(C)C)c(=O)c4ccccc34)sc2c1. The predicted molar refractivity (Wildman–Crippen MR) is 118 cm³/mol. The van der Waals surface area contributed by atoms with Gasteiger partial charge in [0.2, 0.25) is 0 Å². The molecule has 1 amide bonds. The van der Waals surface area contributed by atoms with Gasteiger partial charge in [0.05, 0.1) is 15.6 Å². The van der Waals surface area contributed by atoms with Crippen LogP contribution in [0.15, 0.2) is 41.2 Å². The molecule has 0 saturated heterocycles. The molecule has 6 nitrogen and oxygen atoms in total. The fraction of sp³-hybridized carbons (Fsp3) is 0.273. The number of carbonyl (C=O) groups is 1. The zero-order valence-electron chi connectivity index (χ0n) is 16.8. The van der Waals surface area contributed by atoms with Crippen LogP contribution in [0, 0.1) is 19.8 Å². The van der Waals surface area contributed by atoms with E-state index in [2.05, 4.69) is 27.5 Å². The van der Waals surface area contributed by atoms with Crippen LogP contribution in [-0.4, -0.2) is 20.7 Å². The van der Waals surface area contributed by atoms with E-state index in [0.717, 1.165) is 21.3 Å². The first-order valence-corrected chi connectivity index (χ1v) is 10.3. The summed E-state index contributed by atoms with van der Waals surface area (Å²) in [5.74, 6) is -0.139. The minimum absolute atomic E-state index is 0.183. The van der Waals surface area contributed by atoms with Crippen molar-refractivity contribution in [2.45, 2.75) is 34.2 Å². The molecule has 2 heterocycles. The average Bonchev–Trinajstić information content (AvgIpc) is 3.06. The van der Waals surface area contributed by atoms with Crippen molar-refractivity contribution in [3.8, 4) is 0 Å². The molecule has 0 atom stereocenters. The number of anilines is 1. The Morgan fingerprint density at radius 3 is 2.62 bits per heavy atom. The third-order valence-electron chi connectivity index (χ3n) is 4.67. The highest BCUT2D eigenvalue weighted by Gasteiger charge is 2.19. The van der Waals surface area contributed by atoms with Crippen LogP contribution in [-0.2, 0) is 6.54 Å². The Kier molecular flexibility index (Phi) is 4.92. The van der Waals surface area contributed by atoms with Crippen molar-refractivity contribution < 1.29 is 4.79 Å². The van der Waals surface area contributed by atoms with Crippen molar-refractivity contribution in [1.82, 2.24) is 14.8 Å². The van der Waals surface area contributed by atoms with Gasteiger partial charge in [0, 0.05) is 11.9 Å². The Bertz CT molecular complexity index is 1300. The van der Waals surface area contributed by atoms with Gasteiger partial charge in [-0.3, -0.25) is 14.9 Å². The van der Waals surface area contributed by atoms with Gasteiger partial charge in [-0.25, -0.2) is 9.67 Å². The van der Waals surface area contributed by atoms with Gasteiger partial charge >= 0.3 is 0 Å². The van der Waals surface area contributed by atoms with E-state index >= 15 is 0 Å². The molecule has 0 aliphatic heterocycles. The molecule has 4 rings (SSSR count). The Labute approximate surface area is 172 Å². The molecule has 2 aromatic heterocycles. The van der Waals surface area contributed by atoms with Crippen molar-refractivity contribution in [1.29, 1.82) is 0 Å². The smallest absolute Gasteiger partial charge is 0.278 e. The number of amides is 1. The van der Waals surface area contributed by atoms with Crippen LogP contribution in [0.2, 0.25) is 0 Å². The van der Waals surface area contributed by atoms with Crippen molar-refractivity contribution in [2.24, 2.45) is 5.92 Å². The lowest BCUT2D eigenvalue weighted by atomic mass is 10.1. The summed E-state index contributed by atoms with van der Waals surface area (Å²) in [6, 6.07) is 11.2. The number of thiazole rings is 1. The zero-order valence-corrected chi connectivity index (χ0v) is 17.6. The maximum Gasteiger partial charge on any atom is 0.278 e. The lowest BCUT2D eigenvalue weighted by Gasteiger charge is -2.12. The molecular formula is C22H22N4O2S. The number of hydrogen-bond acceptors (Lipinski definition) is 5. The molecule has 0 spiro atoms. The number of nitrogens with one attached hydrogen (secondary N) is 1. The fourth-order valence-electron chi connectivity index (χ4n) is 3.45. The first-order chi connectivity index (χ1) is 13.8. The first-order valence-electron chi connectivity index (χ1n) is 9.52. The number of nitrogens with zero attached hydrogens (tertiary/aromatic N) is 3. The summed E-state index contributed by atoms with van der Waals surface area (Å²) >= 11 is 1.43. The highest BCUT2D eigenvalue weighted by molar-refractivity contribution is 7.22. The Hall–Kier alpha value is -3.06. The van der Waals surface area contributed by atoms with Gasteiger partial charge in [0.15, 0.2) is 10.8 Å². The molecular weight excluding hydrogens is 384 g/mol. The third-order valence-corrected chi connectivity index (χ3v) is 5.59. The molecule has 0 saturated carbocycles. The second-order valence-electron chi connectivity index (χ2n) is 7.68. The Balaban J connectivity index is 1.78. The number of aryl methyl sites for hydroxylation is 2.